The minimum Gasteiger partial charge on any atom is -0.497 e. The van der Waals surface area contributed by atoms with Gasteiger partial charge in [0.2, 0.25) is 0 Å². The first-order chi connectivity index (χ1) is 13.1. The van der Waals surface area contributed by atoms with Gasteiger partial charge in [-0.3, -0.25) is 4.79 Å². The van der Waals surface area contributed by atoms with Crippen molar-refractivity contribution in [2.45, 2.75) is 0 Å². The maximum Gasteiger partial charge on any atom is 0.275 e. The number of hydrogen-bond donors (Lipinski definition) is 2. The van der Waals surface area contributed by atoms with E-state index in [9.17, 15) is 9.18 Å². The number of para-hydroxylation sites is 1. The number of ether oxygens (including phenoxy) is 2. The first-order valence-electron chi connectivity index (χ1n) is 7.97. The van der Waals surface area contributed by atoms with Crippen LogP contribution in [0, 0.1) is 5.82 Å². The average Bonchev–Trinajstić information content (AvgIpc) is 2.70. The number of benzene rings is 2. The van der Waals surface area contributed by atoms with E-state index in [2.05, 4.69) is 20.6 Å². The van der Waals surface area contributed by atoms with Crippen LogP contribution in [0.3, 0.4) is 0 Å². The van der Waals surface area contributed by atoms with Gasteiger partial charge in [-0.25, -0.2) is 14.4 Å². The molecule has 0 unspecified atom stereocenters. The zero-order valence-electron chi connectivity index (χ0n) is 14.7. The zero-order valence-corrected chi connectivity index (χ0v) is 14.7. The van der Waals surface area contributed by atoms with E-state index in [1.165, 1.54) is 32.7 Å². The number of nitrogens with zero attached hydrogens (tertiary/aromatic N) is 2. The number of aromatic nitrogens is 2. The van der Waals surface area contributed by atoms with E-state index >= 15 is 0 Å². The Bertz CT molecular complexity index is 948. The minimum absolute atomic E-state index is 0.0963. The van der Waals surface area contributed by atoms with Crippen molar-refractivity contribution in [2.75, 3.05) is 24.9 Å². The molecular weight excluding hydrogens is 351 g/mol. The Balaban J connectivity index is 1.74. The molecule has 138 valence electrons. The maximum atomic E-state index is 13.7. The molecular formula is C19H17FN4O3. The highest BCUT2D eigenvalue weighted by molar-refractivity contribution is 6.03. The van der Waals surface area contributed by atoms with E-state index in [1.807, 2.05) is 0 Å². The van der Waals surface area contributed by atoms with Gasteiger partial charge in [-0.15, -0.1) is 0 Å². The average molecular weight is 368 g/mol. The van der Waals surface area contributed by atoms with Crippen LogP contribution in [0.25, 0.3) is 0 Å². The highest BCUT2D eigenvalue weighted by Crippen LogP contribution is 2.29. The fraction of sp³-hybridized carbons (Fsp3) is 0.105. The van der Waals surface area contributed by atoms with Crippen molar-refractivity contribution in [1.29, 1.82) is 0 Å². The van der Waals surface area contributed by atoms with Crippen molar-refractivity contribution in [3.8, 4) is 11.5 Å². The van der Waals surface area contributed by atoms with E-state index in [0.717, 1.165) is 0 Å². The van der Waals surface area contributed by atoms with Gasteiger partial charge in [0.25, 0.3) is 5.91 Å². The van der Waals surface area contributed by atoms with Crippen LogP contribution in [0.15, 0.2) is 54.9 Å². The molecule has 0 atom stereocenters. The molecule has 0 saturated carbocycles. The number of amides is 1. The van der Waals surface area contributed by atoms with Crippen LogP contribution in [0.5, 0.6) is 11.5 Å². The third kappa shape index (κ3) is 4.30. The normalized spacial score (nSPS) is 10.2. The SMILES string of the molecule is COc1ccc(OC)c(NC(=O)c2cnc(Nc3ccccc3F)cn2)c1. The Kier molecular flexibility index (Phi) is 5.46. The molecule has 8 heteroatoms. The standard InChI is InChI=1S/C19H17FN4O3/c1-26-12-7-8-17(27-2)15(9-12)24-19(25)16-10-22-18(11-21-16)23-14-6-4-3-5-13(14)20/h3-11H,1-2H3,(H,22,23)(H,24,25). The molecule has 1 aromatic heterocycles. The molecule has 0 aliphatic rings. The van der Waals surface area contributed by atoms with Gasteiger partial charge in [-0.2, -0.15) is 0 Å². The predicted molar refractivity (Wildman–Crippen MR) is 99.2 cm³/mol. The third-order valence-corrected chi connectivity index (χ3v) is 3.68. The van der Waals surface area contributed by atoms with E-state index in [4.69, 9.17) is 9.47 Å². The lowest BCUT2D eigenvalue weighted by Crippen LogP contribution is -2.15. The molecule has 0 aliphatic carbocycles. The summed E-state index contributed by atoms with van der Waals surface area (Å²) in [7, 11) is 3.03. The Hall–Kier alpha value is -3.68. The van der Waals surface area contributed by atoms with E-state index in [-0.39, 0.29) is 11.4 Å². The number of halogens is 1. The summed E-state index contributed by atoms with van der Waals surface area (Å²) in [4.78, 5) is 20.6. The molecule has 3 rings (SSSR count). The van der Waals surface area contributed by atoms with Crippen LogP contribution in [-0.2, 0) is 0 Å². The molecule has 0 aliphatic heterocycles. The largest absolute Gasteiger partial charge is 0.497 e. The summed E-state index contributed by atoms with van der Waals surface area (Å²) in [5.74, 6) is 0.491. The van der Waals surface area contributed by atoms with Crippen molar-refractivity contribution in [3.05, 3.63) is 66.4 Å². The van der Waals surface area contributed by atoms with Crippen LogP contribution < -0.4 is 20.1 Å². The van der Waals surface area contributed by atoms with E-state index in [0.29, 0.717) is 23.0 Å². The summed E-state index contributed by atoms with van der Waals surface area (Å²) in [5.41, 5.74) is 0.807. The van der Waals surface area contributed by atoms with Crippen LogP contribution in [0.2, 0.25) is 0 Å². The molecule has 0 spiro atoms. The lowest BCUT2D eigenvalue weighted by Gasteiger charge is -2.11. The van der Waals surface area contributed by atoms with E-state index in [1.54, 1.807) is 36.4 Å². The highest BCUT2D eigenvalue weighted by Gasteiger charge is 2.13. The molecule has 2 aromatic carbocycles. The van der Waals surface area contributed by atoms with Gasteiger partial charge in [0, 0.05) is 6.07 Å². The molecule has 0 bridgehead atoms. The molecule has 0 radical (unpaired) electrons. The Morgan fingerprint density at radius 2 is 1.81 bits per heavy atom. The number of carbonyl (C=O) groups is 1. The Morgan fingerprint density at radius 1 is 1.00 bits per heavy atom. The zero-order chi connectivity index (χ0) is 19.2. The lowest BCUT2D eigenvalue weighted by atomic mass is 10.2. The van der Waals surface area contributed by atoms with Gasteiger partial charge in [0.1, 0.15) is 28.8 Å². The smallest absolute Gasteiger partial charge is 0.275 e. The minimum atomic E-state index is -0.466. The monoisotopic (exact) mass is 368 g/mol. The van der Waals surface area contributed by atoms with Gasteiger partial charge in [-0.05, 0) is 24.3 Å². The first kappa shape index (κ1) is 18.1. The van der Waals surface area contributed by atoms with Gasteiger partial charge >= 0.3 is 0 Å². The summed E-state index contributed by atoms with van der Waals surface area (Å²) in [5, 5.41) is 5.51. The molecule has 0 fully saturated rings. The second-order valence-electron chi connectivity index (χ2n) is 5.41. The van der Waals surface area contributed by atoms with Gasteiger partial charge in [0.15, 0.2) is 0 Å². The molecule has 7 nitrogen and oxygen atoms in total. The summed E-state index contributed by atoms with van der Waals surface area (Å²) >= 11 is 0. The van der Waals surface area contributed by atoms with Crippen molar-refractivity contribution in [2.24, 2.45) is 0 Å². The number of nitrogens with one attached hydrogen (secondary N) is 2. The van der Waals surface area contributed by atoms with Crippen LogP contribution in [0.4, 0.5) is 21.6 Å². The maximum absolute atomic E-state index is 13.7. The fourth-order valence-electron chi connectivity index (χ4n) is 2.31. The molecule has 2 N–H and O–H groups in total. The second-order valence-corrected chi connectivity index (χ2v) is 5.41. The molecule has 0 saturated heterocycles. The van der Waals surface area contributed by atoms with Crippen molar-refractivity contribution >= 4 is 23.1 Å². The van der Waals surface area contributed by atoms with Gasteiger partial charge in [0.05, 0.1) is 38.0 Å². The second kappa shape index (κ2) is 8.13. The summed E-state index contributed by atoms with van der Waals surface area (Å²) in [6.45, 7) is 0. The predicted octanol–water partition coefficient (Wildman–Crippen LogP) is 3.63. The topological polar surface area (TPSA) is 85.4 Å². The van der Waals surface area contributed by atoms with Crippen LogP contribution in [-0.4, -0.2) is 30.1 Å². The van der Waals surface area contributed by atoms with Crippen molar-refractivity contribution in [3.63, 3.8) is 0 Å². The van der Waals surface area contributed by atoms with Crippen molar-refractivity contribution < 1.29 is 18.7 Å². The summed E-state index contributed by atoms with van der Waals surface area (Å²) in [6, 6.07) is 11.2. The molecule has 1 amide bonds. The number of hydrogen-bond acceptors (Lipinski definition) is 6. The first-order valence-corrected chi connectivity index (χ1v) is 7.97. The van der Waals surface area contributed by atoms with Crippen LogP contribution >= 0.6 is 0 Å². The molecule has 1 heterocycles. The Labute approximate surface area is 155 Å². The molecule has 3 aromatic rings. The van der Waals surface area contributed by atoms with E-state index < -0.39 is 11.7 Å². The number of rotatable bonds is 6. The van der Waals surface area contributed by atoms with Crippen molar-refractivity contribution in [1.82, 2.24) is 9.97 Å². The summed E-state index contributed by atoms with van der Waals surface area (Å²) < 4.78 is 24.0. The summed E-state index contributed by atoms with van der Waals surface area (Å²) in [6.07, 6.45) is 2.65. The number of anilines is 3. The van der Waals surface area contributed by atoms with Gasteiger partial charge in [-0.1, -0.05) is 12.1 Å². The van der Waals surface area contributed by atoms with Gasteiger partial charge < -0.3 is 20.1 Å². The molecule has 27 heavy (non-hydrogen) atoms. The quantitative estimate of drug-likeness (QED) is 0.691. The lowest BCUT2D eigenvalue weighted by molar-refractivity contribution is 0.102. The fourth-order valence-corrected chi connectivity index (χ4v) is 2.31. The number of methoxy groups -OCH3 is 2. The number of carbonyl (C=O) groups excluding carboxylic acids is 1. The third-order valence-electron chi connectivity index (χ3n) is 3.68. The highest BCUT2D eigenvalue weighted by atomic mass is 19.1. The Morgan fingerprint density at radius 3 is 2.48 bits per heavy atom. The van der Waals surface area contributed by atoms with Crippen LogP contribution in [0.1, 0.15) is 10.5 Å².